The molecule has 1 saturated heterocycles. The number of sulfonamides is 1. The molecule has 2 aliphatic rings. The van der Waals surface area contributed by atoms with Gasteiger partial charge in [0.1, 0.15) is 11.7 Å². The van der Waals surface area contributed by atoms with E-state index in [9.17, 15) is 36.3 Å². The number of carbonyl (C=O) groups is 2. The third kappa shape index (κ3) is 8.46. The van der Waals surface area contributed by atoms with Crippen LogP contribution in [0.3, 0.4) is 0 Å². The van der Waals surface area contributed by atoms with E-state index in [0.29, 0.717) is 11.3 Å². The van der Waals surface area contributed by atoms with Crippen molar-refractivity contribution in [2.24, 2.45) is 5.41 Å². The van der Waals surface area contributed by atoms with Crippen LogP contribution in [0.5, 0.6) is 5.88 Å². The van der Waals surface area contributed by atoms with E-state index in [1.54, 1.807) is 20.8 Å². The van der Waals surface area contributed by atoms with E-state index in [-0.39, 0.29) is 61.2 Å². The predicted molar refractivity (Wildman–Crippen MR) is 178 cm³/mol. The normalized spacial score (nSPS) is 18.8. The van der Waals surface area contributed by atoms with Gasteiger partial charge in [-0.3, -0.25) is 0 Å². The first-order valence-electron chi connectivity index (χ1n) is 16.0. The van der Waals surface area contributed by atoms with Crippen molar-refractivity contribution in [3.05, 3.63) is 65.2 Å². The Kier molecular flexibility index (Phi) is 10.1. The van der Waals surface area contributed by atoms with Crippen molar-refractivity contribution in [2.45, 2.75) is 82.7 Å². The number of amides is 1. The third-order valence-corrected chi connectivity index (χ3v) is 10.0. The molecule has 12 nitrogen and oxygen atoms in total. The van der Waals surface area contributed by atoms with Gasteiger partial charge in [-0.15, -0.1) is 0 Å². The van der Waals surface area contributed by atoms with Gasteiger partial charge in [0.2, 0.25) is 11.8 Å². The van der Waals surface area contributed by atoms with Crippen molar-refractivity contribution in [2.75, 3.05) is 24.4 Å². The van der Waals surface area contributed by atoms with E-state index in [0.717, 1.165) is 17.2 Å². The molecule has 2 atom stereocenters. The lowest BCUT2D eigenvalue weighted by molar-refractivity contribution is -0.188. The maximum absolute atomic E-state index is 13.6. The molecule has 0 radical (unpaired) electrons. The molecule has 0 spiro atoms. The fourth-order valence-corrected chi connectivity index (χ4v) is 6.89. The Hall–Kier alpha value is -4.44. The van der Waals surface area contributed by atoms with Crippen LogP contribution in [0.2, 0.25) is 0 Å². The quantitative estimate of drug-likeness (QED) is 0.216. The summed E-state index contributed by atoms with van der Waals surface area (Å²) in [6.45, 7) is 8.96. The zero-order valence-corrected chi connectivity index (χ0v) is 29.1. The topological polar surface area (TPSA) is 160 Å². The van der Waals surface area contributed by atoms with E-state index in [4.69, 9.17) is 9.47 Å². The Morgan fingerprint density at radius 1 is 1.02 bits per heavy atom. The fourth-order valence-electron chi connectivity index (χ4n) is 5.90. The molecule has 0 bridgehead atoms. The third-order valence-electron chi connectivity index (χ3n) is 8.71. The van der Waals surface area contributed by atoms with E-state index in [2.05, 4.69) is 20.0 Å². The molecule has 0 unspecified atom stereocenters. The van der Waals surface area contributed by atoms with Crippen molar-refractivity contribution < 1.29 is 45.8 Å². The predicted octanol–water partition coefficient (Wildman–Crippen LogP) is 5.95. The molecule has 1 aliphatic heterocycles. The number of likely N-dealkylation sites (tertiary alicyclic amines) is 1. The minimum Gasteiger partial charge on any atom is -0.478 e. The van der Waals surface area contributed by atoms with Crippen LogP contribution in [-0.4, -0.2) is 84.0 Å². The SMILES string of the molecule is Cc1cccc(C)c1-c1cc(O[C@@H]2CN(C(=O)OC(C)(C)C)C[C@H]2NCCC2(C(F)(F)F)CC2)nc(NS(=O)(=O)c2cccc(C(=O)O)c2)n1. The van der Waals surface area contributed by atoms with Crippen molar-refractivity contribution in [1.29, 1.82) is 0 Å². The first-order valence-corrected chi connectivity index (χ1v) is 17.5. The first-order chi connectivity index (χ1) is 23.3. The first kappa shape index (κ1) is 36.8. The number of anilines is 1. The van der Waals surface area contributed by atoms with E-state index >= 15 is 0 Å². The number of hydrogen-bond acceptors (Lipinski definition) is 9. The number of benzene rings is 2. The van der Waals surface area contributed by atoms with Gasteiger partial charge in [-0.1, -0.05) is 24.3 Å². The summed E-state index contributed by atoms with van der Waals surface area (Å²) in [4.78, 5) is 34.4. The molecule has 1 saturated carbocycles. The molecular formula is C34H40F3N5O7S. The minimum atomic E-state index is -4.38. The van der Waals surface area contributed by atoms with Crippen LogP contribution >= 0.6 is 0 Å². The molecule has 3 N–H and O–H groups in total. The lowest BCUT2D eigenvalue weighted by atomic mass is 10.00. The van der Waals surface area contributed by atoms with E-state index in [1.165, 1.54) is 29.2 Å². The number of carbonyl (C=O) groups excluding carboxylic acids is 1. The molecule has 2 heterocycles. The summed E-state index contributed by atoms with van der Waals surface area (Å²) in [5, 5.41) is 12.5. The van der Waals surface area contributed by atoms with E-state index in [1.807, 2.05) is 32.0 Å². The van der Waals surface area contributed by atoms with Gasteiger partial charge in [-0.25, -0.2) is 27.7 Å². The number of alkyl halides is 3. The number of aryl methyl sites for hydroxylation is 2. The second-order valence-corrected chi connectivity index (χ2v) is 15.4. The molecule has 16 heteroatoms. The summed E-state index contributed by atoms with van der Waals surface area (Å²) in [7, 11) is -4.38. The van der Waals surface area contributed by atoms with Gasteiger partial charge in [0.05, 0.1) is 34.2 Å². The highest BCUT2D eigenvalue weighted by Crippen LogP contribution is 2.59. The average molecular weight is 720 g/mol. The number of aromatic nitrogens is 2. The molecule has 1 amide bonds. The second-order valence-electron chi connectivity index (χ2n) is 13.8. The monoisotopic (exact) mass is 719 g/mol. The fraction of sp³-hybridized carbons (Fsp3) is 0.471. The number of nitrogens with one attached hydrogen (secondary N) is 2. The number of hydrogen-bond donors (Lipinski definition) is 3. The number of carboxylic acids is 1. The average Bonchev–Trinajstić information content (AvgIpc) is 3.70. The molecule has 3 aromatic rings. The Balaban J connectivity index is 1.47. The number of rotatable bonds is 11. The molecule has 270 valence electrons. The molecule has 2 fully saturated rings. The Morgan fingerprint density at radius 3 is 2.28 bits per heavy atom. The van der Waals surface area contributed by atoms with Gasteiger partial charge in [0.25, 0.3) is 10.0 Å². The van der Waals surface area contributed by atoms with Crippen molar-refractivity contribution in [3.8, 4) is 17.1 Å². The smallest absolute Gasteiger partial charge is 0.410 e. The molecule has 1 aromatic heterocycles. The standard InChI is InChI=1S/C34H40F3N5O7S/c1-20-8-6-9-21(2)28(20)24-17-27(40-30(39-24)41-50(46,47)23-11-7-10-22(16-23)29(43)44)48-26-19-42(31(45)49-32(3,4)5)18-25(26)38-15-14-33(12-13-33)34(35,36)37/h6-11,16-17,25-26,38H,12-15,18-19H2,1-5H3,(H,43,44)(H,39,40,41)/t25-,26-/m1/s1. The number of carboxylic acid groups (broad SMARTS) is 1. The summed E-state index contributed by atoms with van der Waals surface area (Å²) in [6, 6.07) is 11.3. The van der Waals surface area contributed by atoms with Crippen LogP contribution in [0.25, 0.3) is 11.3 Å². The van der Waals surface area contributed by atoms with Gasteiger partial charge in [-0.2, -0.15) is 18.2 Å². The highest BCUT2D eigenvalue weighted by molar-refractivity contribution is 7.92. The molecule has 1 aliphatic carbocycles. The van der Waals surface area contributed by atoms with Crippen LogP contribution in [0.4, 0.5) is 23.9 Å². The summed E-state index contributed by atoms with van der Waals surface area (Å²) in [5.41, 5.74) is -0.100. The van der Waals surface area contributed by atoms with Crippen LogP contribution in [0, 0.1) is 19.3 Å². The van der Waals surface area contributed by atoms with Crippen LogP contribution < -0.4 is 14.8 Å². The van der Waals surface area contributed by atoms with E-state index < -0.39 is 51.4 Å². The van der Waals surface area contributed by atoms with Crippen molar-refractivity contribution in [1.82, 2.24) is 20.2 Å². The molecule has 50 heavy (non-hydrogen) atoms. The Morgan fingerprint density at radius 2 is 1.68 bits per heavy atom. The Labute approximate surface area is 288 Å². The number of nitrogens with zero attached hydrogens (tertiary/aromatic N) is 3. The summed E-state index contributed by atoms with van der Waals surface area (Å²) < 4.78 is 81.9. The van der Waals surface area contributed by atoms with Gasteiger partial charge >= 0.3 is 18.2 Å². The van der Waals surface area contributed by atoms with Crippen molar-refractivity contribution in [3.63, 3.8) is 0 Å². The lowest BCUT2D eigenvalue weighted by Gasteiger charge is -2.24. The maximum atomic E-state index is 13.6. The molecule has 5 rings (SSSR count). The molecule has 2 aromatic carbocycles. The van der Waals surface area contributed by atoms with Gasteiger partial charge in [-0.05, 0) is 89.8 Å². The number of ether oxygens (including phenoxy) is 2. The van der Waals surface area contributed by atoms with Crippen LogP contribution in [-0.2, 0) is 14.8 Å². The second kappa shape index (κ2) is 13.7. The van der Waals surface area contributed by atoms with Gasteiger partial charge < -0.3 is 24.8 Å². The van der Waals surface area contributed by atoms with Crippen LogP contribution in [0.15, 0.2) is 53.4 Å². The zero-order chi connectivity index (χ0) is 36.6. The number of halogens is 3. The highest BCUT2D eigenvalue weighted by Gasteiger charge is 2.62. The van der Waals surface area contributed by atoms with Gasteiger partial charge in [0, 0.05) is 18.2 Å². The largest absolute Gasteiger partial charge is 0.478 e. The minimum absolute atomic E-state index is 0.00274. The number of aromatic carboxylic acids is 1. The lowest BCUT2D eigenvalue weighted by Crippen LogP contribution is -2.44. The summed E-state index contributed by atoms with van der Waals surface area (Å²) >= 11 is 0. The summed E-state index contributed by atoms with van der Waals surface area (Å²) in [5.74, 6) is -1.74. The summed E-state index contributed by atoms with van der Waals surface area (Å²) in [6.07, 6.45) is -5.76. The Bertz CT molecular complexity index is 1860. The maximum Gasteiger partial charge on any atom is 0.410 e. The highest BCUT2D eigenvalue weighted by atomic mass is 32.2. The molecular weight excluding hydrogens is 679 g/mol. The van der Waals surface area contributed by atoms with Crippen molar-refractivity contribution >= 4 is 28.0 Å². The van der Waals surface area contributed by atoms with Crippen LogP contribution in [0.1, 0.15) is 61.5 Å². The van der Waals surface area contributed by atoms with Gasteiger partial charge in [0.15, 0.2) is 0 Å². The zero-order valence-electron chi connectivity index (χ0n) is 28.3.